The van der Waals surface area contributed by atoms with Crippen LogP contribution in [0.5, 0.6) is 0 Å². The van der Waals surface area contributed by atoms with Crippen LogP contribution in [-0.2, 0) is 5.41 Å². The van der Waals surface area contributed by atoms with Crippen molar-refractivity contribution in [2.45, 2.75) is 26.2 Å². The van der Waals surface area contributed by atoms with Gasteiger partial charge in [-0.25, -0.2) is 0 Å². The molecule has 0 saturated heterocycles. The highest BCUT2D eigenvalue weighted by Crippen LogP contribution is 2.40. The van der Waals surface area contributed by atoms with E-state index in [1.54, 1.807) is 0 Å². The van der Waals surface area contributed by atoms with Crippen LogP contribution in [0.3, 0.4) is 0 Å². The Morgan fingerprint density at radius 2 is 1.16 bits per heavy atom. The van der Waals surface area contributed by atoms with E-state index in [-0.39, 0.29) is 5.41 Å². The zero-order valence-corrected chi connectivity index (χ0v) is 24.6. The summed E-state index contributed by atoms with van der Waals surface area (Å²) in [7, 11) is 0. The molecule has 0 fully saturated rings. The van der Waals surface area contributed by atoms with E-state index < -0.39 is 0 Å². The molecule has 0 bridgehead atoms. The Hall–Kier alpha value is -5.28. The zero-order chi connectivity index (χ0) is 29.1. The van der Waals surface area contributed by atoms with E-state index in [4.69, 9.17) is 4.42 Å². The molecule has 2 aromatic heterocycles. The molecule has 0 spiro atoms. The molecule has 0 unspecified atom stereocenters. The molecule has 0 N–H and O–H groups in total. The smallest absolute Gasteiger partial charge is 0.135 e. The van der Waals surface area contributed by atoms with Crippen LogP contribution < -0.4 is 4.90 Å². The van der Waals surface area contributed by atoms with Gasteiger partial charge < -0.3 is 13.9 Å². The Labute approximate surface area is 251 Å². The van der Waals surface area contributed by atoms with Crippen molar-refractivity contribution in [2.24, 2.45) is 0 Å². The van der Waals surface area contributed by atoms with Crippen molar-refractivity contribution >= 4 is 60.8 Å². The molecule has 0 aliphatic rings. The SMILES string of the molecule is CC(C)(C)c1ccc2c(c1)c1ccccc1n2-c1cccc(N(c2ccccc2)c2ccc3oc4ccccc4c3c2)c1. The van der Waals surface area contributed by atoms with Crippen molar-refractivity contribution in [3.05, 3.63) is 145 Å². The third kappa shape index (κ3) is 4.20. The van der Waals surface area contributed by atoms with Gasteiger partial charge in [0.05, 0.1) is 11.0 Å². The normalized spacial score (nSPS) is 12.1. The van der Waals surface area contributed by atoms with Gasteiger partial charge in [-0.2, -0.15) is 0 Å². The van der Waals surface area contributed by atoms with Gasteiger partial charge in [0.25, 0.3) is 0 Å². The van der Waals surface area contributed by atoms with Crippen LogP contribution in [0.1, 0.15) is 26.3 Å². The summed E-state index contributed by atoms with van der Waals surface area (Å²) in [5.41, 5.74) is 10.0. The lowest BCUT2D eigenvalue weighted by molar-refractivity contribution is 0.591. The molecule has 0 radical (unpaired) electrons. The lowest BCUT2D eigenvalue weighted by atomic mass is 9.86. The van der Waals surface area contributed by atoms with E-state index in [9.17, 15) is 0 Å². The first-order valence-corrected chi connectivity index (χ1v) is 14.9. The molecule has 8 rings (SSSR count). The van der Waals surface area contributed by atoms with Crippen LogP contribution in [0.2, 0.25) is 0 Å². The minimum Gasteiger partial charge on any atom is -0.456 e. The summed E-state index contributed by atoms with van der Waals surface area (Å²) < 4.78 is 8.56. The number of rotatable bonds is 4. The third-order valence-electron chi connectivity index (χ3n) is 8.52. The van der Waals surface area contributed by atoms with Crippen molar-refractivity contribution in [3.8, 4) is 5.69 Å². The minimum absolute atomic E-state index is 0.0783. The van der Waals surface area contributed by atoms with Gasteiger partial charge in [-0.15, -0.1) is 0 Å². The molecule has 0 atom stereocenters. The zero-order valence-electron chi connectivity index (χ0n) is 24.6. The van der Waals surface area contributed by atoms with Gasteiger partial charge in [0.2, 0.25) is 0 Å². The standard InChI is InChI=1S/C40H32N2O/c1-40(2,3)27-20-22-37-34(24-27)32-16-7-9-18-36(32)42(37)30-15-11-14-29(25-30)41(28-12-5-4-6-13-28)31-21-23-39-35(26-31)33-17-8-10-19-38(33)43-39/h4-26H,1-3H3. The molecule has 3 nitrogen and oxygen atoms in total. The topological polar surface area (TPSA) is 21.3 Å². The maximum Gasteiger partial charge on any atom is 0.135 e. The maximum atomic E-state index is 6.16. The summed E-state index contributed by atoms with van der Waals surface area (Å²) in [5.74, 6) is 0. The van der Waals surface area contributed by atoms with E-state index in [1.807, 2.05) is 12.1 Å². The lowest BCUT2D eigenvalue weighted by Crippen LogP contribution is -2.11. The van der Waals surface area contributed by atoms with Gasteiger partial charge in [-0.1, -0.05) is 87.5 Å². The molecule has 6 aromatic carbocycles. The fourth-order valence-corrected chi connectivity index (χ4v) is 6.37. The van der Waals surface area contributed by atoms with E-state index >= 15 is 0 Å². The summed E-state index contributed by atoms with van der Waals surface area (Å²) in [4.78, 5) is 2.33. The van der Waals surface area contributed by atoms with Crippen molar-refractivity contribution in [1.82, 2.24) is 4.57 Å². The molecule has 8 aromatic rings. The number of anilines is 3. The molecule has 208 valence electrons. The molecule has 0 aliphatic heterocycles. The van der Waals surface area contributed by atoms with Crippen molar-refractivity contribution in [2.75, 3.05) is 4.90 Å². The average Bonchev–Trinajstić information content (AvgIpc) is 3.57. The summed E-state index contributed by atoms with van der Waals surface area (Å²) >= 11 is 0. The second-order valence-electron chi connectivity index (χ2n) is 12.3. The van der Waals surface area contributed by atoms with Crippen molar-refractivity contribution in [1.29, 1.82) is 0 Å². The molecule has 43 heavy (non-hydrogen) atoms. The number of furan rings is 1. The molecular formula is C40H32N2O. The van der Waals surface area contributed by atoms with Crippen molar-refractivity contribution < 1.29 is 4.42 Å². The number of fused-ring (bicyclic) bond motifs is 6. The van der Waals surface area contributed by atoms with E-state index in [0.717, 1.165) is 44.7 Å². The summed E-state index contributed by atoms with van der Waals surface area (Å²) in [5, 5.41) is 4.79. The Kier molecular flexibility index (Phi) is 5.70. The van der Waals surface area contributed by atoms with Gasteiger partial charge in [-0.3, -0.25) is 0 Å². The van der Waals surface area contributed by atoms with Crippen LogP contribution in [-0.4, -0.2) is 4.57 Å². The third-order valence-corrected chi connectivity index (χ3v) is 8.52. The first-order valence-electron chi connectivity index (χ1n) is 14.9. The highest BCUT2D eigenvalue weighted by Gasteiger charge is 2.20. The molecule has 0 aliphatic carbocycles. The summed E-state index contributed by atoms with van der Waals surface area (Å²) in [6.07, 6.45) is 0. The van der Waals surface area contributed by atoms with Crippen LogP contribution in [0.15, 0.2) is 144 Å². The van der Waals surface area contributed by atoms with E-state index in [2.05, 4.69) is 158 Å². The minimum atomic E-state index is 0.0783. The fourth-order valence-electron chi connectivity index (χ4n) is 6.37. The van der Waals surface area contributed by atoms with Gasteiger partial charge in [0, 0.05) is 44.3 Å². The Morgan fingerprint density at radius 3 is 2.00 bits per heavy atom. The van der Waals surface area contributed by atoms with Crippen molar-refractivity contribution in [3.63, 3.8) is 0 Å². The largest absolute Gasteiger partial charge is 0.456 e. The number of para-hydroxylation sites is 3. The molecule has 2 heterocycles. The van der Waals surface area contributed by atoms with E-state index in [1.165, 1.54) is 27.4 Å². The number of hydrogen-bond donors (Lipinski definition) is 0. The second-order valence-corrected chi connectivity index (χ2v) is 12.3. The van der Waals surface area contributed by atoms with E-state index in [0.29, 0.717) is 0 Å². The van der Waals surface area contributed by atoms with Crippen LogP contribution in [0, 0.1) is 0 Å². The van der Waals surface area contributed by atoms with Gasteiger partial charge >= 0.3 is 0 Å². The Bertz CT molecular complexity index is 2280. The number of benzene rings is 6. The fraction of sp³-hybridized carbons (Fsp3) is 0.100. The first-order chi connectivity index (χ1) is 21.0. The van der Waals surface area contributed by atoms with Gasteiger partial charge in [-0.05, 0) is 83.8 Å². The quantitative estimate of drug-likeness (QED) is 0.215. The van der Waals surface area contributed by atoms with Crippen LogP contribution in [0.4, 0.5) is 17.1 Å². The lowest BCUT2D eigenvalue weighted by Gasteiger charge is -2.26. The number of aromatic nitrogens is 1. The first kappa shape index (κ1) is 25.4. The Balaban J connectivity index is 1.34. The highest BCUT2D eigenvalue weighted by atomic mass is 16.3. The maximum absolute atomic E-state index is 6.16. The van der Waals surface area contributed by atoms with Gasteiger partial charge in [0.1, 0.15) is 11.2 Å². The van der Waals surface area contributed by atoms with Gasteiger partial charge in [0.15, 0.2) is 0 Å². The van der Waals surface area contributed by atoms with Crippen LogP contribution in [0.25, 0.3) is 49.4 Å². The van der Waals surface area contributed by atoms with Crippen LogP contribution >= 0.6 is 0 Å². The number of nitrogens with zero attached hydrogens (tertiary/aromatic N) is 2. The number of hydrogen-bond acceptors (Lipinski definition) is 2. The monoisotopic (exact) mass is 556 g/mol. The summed E-state index contributed by atoms with van der Waals surface area (Å²) in [6, 6.07) is 49.9. The highest BCUT2D eigenvalue weighted by molar-refractivity contribution is 6.10. The molecule has 0 amide bonds. The summed E-state index contributed by atoms with van der Waals surface area (Å²) in [6.45, 7) is 6.83. The Morgan fingerprint density at radius 1 is 0.488 bits per heavy atom. The molecule has 0 saturated carbocycles. The molecule has 3 heteroatoms. The molecular weight excluding hydrogens is 524 g/mol. The second kappa shape index (κ2) is 9.64. The predicted molar refractivity (Wildman–Crippen MR) is 181 cm³/mol. The predicted octanol–water partition coefficient (Wildman–Crippen LogP) is 11.5. The average molecular weight is 557 g/mol.